The molecule has 0 saturated heterocycles. The van der Waals surface area contributed by atoms with Gasteiger partial charge in [-0.05, 0) is 44.2 Å². The van der Waals surface area contributed by atoms with Crippen molar-refractivity contribution in [1.29, 1.82) is 0 Å². The summed E-state index contributed by atoms with van der Waals surface area (Å²) >= 11 is 0. The molecule has 0 bridgehead atoms. The first-order chi connectivity index (χ1) is 11.4. The lowest BCUT2D eigenvalue weighted by atomic mass is 9.79. The summed E-state index contributed by atoms with van der Waals surface area (Å²) < 4.78 is 27.8. The molecule has 2 fully saturated rings. The van der Waals surface area contributed by atoms with Crippen LogP contribution in [0, 0.1) is 12.8 Å². The molecule has 2 aliphatic rings. The molecule has 2 saturated carbocycles. The van der Waals surface area contributed by atoms with E-state index in [1.54, 1.807) is 0 Å². The van der Waals surface area contributed by atoms with Gasteiger partial charge in [-0.3, -0.25) is 14.7 Å². The fourth-order valence-electron chi connectivity index (χ4n) is 3.51. The number of nitrogens with zero attached hydrogens (tertiary/aromatic N) is 3. The Labute approximate surface area is 145 Å². The van der Waals surface area contributed by atoms with Crippen LogP contribution in [0.25, 0.3) is 11.2 Å². The summed E-state index contributed by atoms with van der Waals surface area (Å²) in [5, 5.41) is 2.82. The number of pyridine rings is 1. The summed E-state index contributed by atoms with van der Waals surface area (Å²) in [6.45, 7) is 1.92. The average molecular weight is 350 g/mol. The zero-order valence-corrected chi connectivity index (χ0v) is 13.6. The molecule has 0 aromatic carbocycles. The van der Waals surface area contributed by atoms with Crippen LogP contribution in [-0.4, -0.2) is 26.4 Å². The minimum atomic E-state index is -2.59. The first-order valence-corrected chi connectivity index (χ1v) is 8.44. The fraction of sp³-hybridized carbons (Fsp3) is 0.611. The molecule has 25 heavy (non-hydrogen) atoms. The van der Waals surface area contributed by atoms with Crippen molar-refractivity contribution in [3.05, 3.63) is 17.8 Å². The minimum Gasteiger partial charge on any atom is -0.296 e. The van der Waals surface area contributed by atoms with Crippen molar-refractivity contribution in [2.75, 3.05) is 5.32 Å². The van der Waals surface area contributed by atoms with Crippen LogP contribution >= 0.6 is 0 Å². The molecule has 2 aliphatic carbocycles. The molecule has 0 unspecified atom stereocenters. The first-order valence-electron chi connectivity index (χ1n) is 8.44. The highest BCUT2D eigenvalue weighted by Crippen LogP contribution is 2.44. The van der Waals surface area contributed by atoms with Crippen molar-refractivity contribution in [2.45, 2.75) is 64.8 Å². The molecular weight excluding hydrogens is 326 g/mol. The summed E-state index contributed by atoms with van der Waals surface area (Å²) in [6, 6.07) is 4.09. The topological polar surface area (TPSA) is 59.8 Å². The lowest BCUT2D eigenvalue weighted by molar-refractivity contribution is -0.129. The third kappa shape index (κ3) is 3.37. The molecule has 0 spiro atoms. The Morgan fingerprint density at radius 3 is 2.64 bits per heavy atom. The predicted octanol–water partition coefficient (Wildman–Crippen LogP) is 4.47. The molecule has 1 amide bonds. The van der Waals surface area contributed by atoms with Crippen molar-refractivity contribution in [2.24, 2.45) is 5.92 Å². The van der Waals surface area contributed by atoms with E-state index in [0.717, 1.165) is 36.1 Å². The zero-order chi connectivity index (χ0) is 16.9. The van der Waals surface area contributed by atoms with Gasteiger partial charge in [0.25, 0.3) is 0 Å². The second kappa shape index (κ2) is 6.35. The molecule has 0 radical (unpaired) electrons. The summed E-state index contributed by atoms with van der Waals surface area (Å²) in [4.78, 5) is 21.3. The molecule has 4 rings (SSSR count). The normalized spacial score (nSPS) is 19.8. The molecule has 0 aliphatic heterocycles. The highest BCUT2D eigenvalue weighted by Gasteiger charge is 2.45. The van der Waals surface area contributed by atoms with Gasteiger partial charge in [-0.1, -0.05) is 7.43 Å². The summed E-state index contributed by atoms with van der Waals surface area (Å²) in [6.07, 6.45) is 2.97. The molecular formula is C18H24F2N4O. The van der Waals surface area contributed by atoms with E-state index in [1.807, 2.05) is 23.6 Å². The second-order valence-electron chi connectivity index (χ2n) is 7.07. The molecule has 0 atom stereocenters. The number of imidazole rings is 1. The number of alkyl halides is 2. The highest BCUT2D eigenvalue weighted by atomic mass is 19.3. The van der Waals surface area contributed by atoms with Crippen molar-refractivity contribution in [3.63, 3.8) is 0 Å². The molecule has 1 N–H and O–H groups in total. The second-order valence-corrected chi connectivity index (χ2v) is 7.07. The number of halogens is 2. The Morgan fingerprint density at radius 2 is 2.04 bits per heavy atom. The van der Waals surface area contributed by atoms with Gasteiger partial charge in [-0.25, -0.2) is 18.7 Å². The van der Waals surface area contributed by atoms with Crippen molar-refractivity contribution >= 4 is 23.0 Å². The maximum Gasteiger partial charge on any atom is 0.248 e. The van der Waals surface area contributed by atoms with E-state index in [0.29, 0.717) is 12.0 Å². The molecule has 136 valence electrons. The maximum atomic E-state index is 12.9. The SMILES string of the molecule is C.Cc1ccc2nc(NC(=O)CC3CC(F)(F)C3)n(C3CCC3)c2n1. The number of rotatable bonds is 4. The number of amides is 1. The largest absolute Gasteiger partial charge is 0.296 e. The number of carbonyl (C=O) groups is 1. The van der Waals surface area contributed by atoms with E-state index in [9.17, 15) is 13.6 Å². The number of hydrogen-bond donors (Lipinski definition) is 1. The van der Waals surface area contributed by atoms with E-state index in [-0.39, 0.29) is 38.5 Å². The van der Waals surface area contributed by atoms with Gasteiger partial charge in [0.05, 0.1) is 0 Å². The molecule has 7 heteroatoms. The quantitative estimate of drug-likeness (QED) is 0.885. The number of aromatic nitrogens is 3. The Hall–Kier alpha value is -2.05. The van der Waals surface area contributed by atoms with Gasteiger partial charge in [0.1, 0.15) is 5.52 Å². The standard InChI is InChI=1S/C17H20F2N4O.CH4/c1-10-5-6-13-15(20-10)23(12-3-2-4-12)16(21-13)22-14(24)7-11-8-17(18,19)9-11;/h5-6,11-12H,2-4,7-9H2,1H3,(H,21,22,24);1H4. The molecule has 2 aromatic heterocycles. The van der Waals surface area contributed by atoms with Gasteiger partial charge in [-0.2, -0.15) is 0 Å². The summed E-state index contributed by atoms with van der Waals surface area (Å²) in [5.74, 6) is -2.58. The number of hydrogen-bond acceptors (Lipinski definition) is 3. The van der Waals surface area contributed by atoms with Crippen molar-refractivity contribution < 1.29 is 13.6 Å². The predicted molar refractivity (Wildman–Crippen MR) is 92.8 cm³/mol. The third-order valence-electron chi connectivity index (χ3n) is 5.02. The summed E-state index contributed by atoms with van der Waals surface area (Å²) in [7, 11) is 0. The Kier molecular flexibility index (Phi) is 4.51. The van der Waals surface area contributed by atoms with Gasteiger partial charge in [-0.15, -0.1) is 0 Å². The first kappa shape index (κ1) is 17.8. The van der Waals surface area contributed by atoms with Crippen LogP contribution in [0.1, 0.15) is 57.7 Å². The smallest absolute Gasteiger partial charge is 0.248 e. The summed E-state index contributed by atoms with van der Waals surface area (Å²) in [5.41, 5.74) is 2.43. The van der Waals surface area contributed by atoms with E-state index >= 15 is 0 Å². The number of carbonyl (C=O) groups excluding carboxylic acids is 1. The maximum absolute atomic E-state index is 12.9. The van der Waals surface area contributed by atoms with Crippen LogP contribution in [0.3, 0.4) is 0 Å². The monoisotopic (exact) mass is 350 g/mol. The van der Waals surface area contributed by atoms with E-state index in [2.05, 4.69) is 15.3 Å². The zero-order valence-electron chi connectivity index (χ0n) is 13.6. The van der Waals surface area contributed by atoms with Gasteiger partial charge >= 0.3 is 0 Å². The van der Waals surface area contributed by atoms with Gasteiger partial charge in [0.2, 0.25) is 17.8 Å². The Balaban J connectivity index is 0.00000182. The van der Waals surface area contributed by atoms with Gasteiger partial charge in [0, 0.05) is 31.0 Å². The number of aryl methyl sites for hydroxylation is 1. The van der Waals surface area contributed by atoms with Crippen LogP contribution in [0.4, 0.5) is 14.7 Å². The Bertz CT molecular complexity index is 790. The number of anilines is 1. The van der Waals surface area contributed by atoms with Gasteiger partial charge in [0.15, 0.2) is 5.65 Å². The number of nitrogens with one attached hydrogen (secondary N) is 1. The third-order valence-corrected chi connectivity index (χ3v) is 5.02. The van der Waals surface area contributed by atoms with Crippen LogP contribution in [0.5, 0.6) is 0 Å². The number of fused-ring (bicyclic) bond motifs is 1. The Morgan fingerprint density at radius 1 is 1.32 bits per heavy atom. The van der Waals surface area contributed by atoms with Crippen LogP contribution in [0.15, 0.2) is 12.1 Å². The molecule has 2 heterocycles. The molecule has 5 nitrogen and oxygen atoms in total. The van der Waals surface area contributed by atoms with Gasteiger partial charge < -0.3 is 0 Å². The van der Waals surface area contributed by atoms with Crippen LogP contribution in [-0.2, 0) is 4.79 Å². The average Bonchev–Trinajstić information content (AvgIpc) is 2.73. The highest BCUT2D eigenvalue weighted by molar-refractivity contribution is 5.91. The lowest BCUT2D eigenvalue weighted by Gasteiger charge is -2.34. The van der Waals surface area contributed by atoms with E-state index in [1.165, 1.54) is 0 Å². The molecule has 2 aromatic rings. The minimum absolute atomic E-state index is 0. The van der Waals surface area contributed by atoms with E-state index < -0.39 is 5.92 Å². The van der Waals surface area contributed by atoms with Crippen LogP contribution in [0.2, 0.25) is 0 Å². The van der Waals surface area contributed by atoms with Crippen molar-refractivity contribution in [3.8, 4) is 0 Å². The van der Waals surface area contributed by atoms with Crippen molar-refractivity contribution in [1.82, 2.24) is 14.5 Å². The fourth-order valence-corrected chi connectivity index (χ4v) is 3.51. The van der Waals surface area contributed by atoms with Crippen LogP contribution < -0.4 is 5.32 Å². The lowest BCUT2D eigenvalue weighted by Crippen LogP contribution is -2.37. The van der Waals surface area contributed by atoms with E-state index in [4.69, 9.17) is 0 Å².